The topological polar surface area (TPSA) is 58.9 Å². The normalized spacial score (nSPS) is 14.6. The van der Waals surface area contributed by atoms with Gasteiger partial charge in [0.25, 0.3) is 0 Å². The molecule has 0 bridgehead atoms. The third kappa shape index (κ3) is 3.91. The molecule has 0 radical (unpaired) electrons. The van der Waals surface area contributed by atoms with Crippen LogP contribution >= 0.6 is 0 Å². The summed E-state index contributed by atoms with van der Waals surface area (Å²) < 4.78 is 38.2. The summed E-state index contributed by atoms with van der Waals surface area (Å²) in [5.41, 5.74) is -3.10. The van der Waals surface area contributed by atoms with Crippen molar-refractivity contribution in [3.63, 3.8) is 0 Å². The smallest absolute Gasteiger partial charge is 0.152 e. The molecule has 4 aromatic carbocycles. The first-order valence-electron chi connectivity index (χ1n) is 10.6. The van der Waals surface area contributed by atoms with E-state index in [-0.39, 0.29) is 11.1 Å². The van der Waals surface area contributed by atoms with Gasteiger partial charge in [-0.05, 0) is 70.8 Å². The van der Waals surface area contributed by atoms with Crippen LogP contribution < -0.4 is 9.47 Å². The highest BCUT2D eigenvalue weighted by Gasteiger charge is 2.54. The lowest BCUT2D eigenvalue weighted by Gasteiger charge is -2.45. The summed E-state index contributed by atoms with van der Waals surface area (Å²) in [6, 6.07) is 23.6. The summed E-state index contributed by atoms with van der Waals surface area (Å²) in [6.45, 7) is 0. The Kier molecular flexibility index (Phi) is 6.37. The van der Waals surface area contributed by atoms with Crippen LogP contribution in [-0.4, -0.2) is 24.4 Å². The molecule has 0 saturated heterocycles. The Morgan fingerprint density at radius 1 is 0.471 bits per heavy atom. The average Bonchev–Trinajstić information content (AvgIpc) is 2.88. The molecule has 0 saturated carbocycles. The van der Waals surface area contributed by atoms with Gasteiger partial charge in [-0.25, -0.2) is 8.78 Å². The first-order chi connectivity index (χ1) is 16.3. The number of hydrogen-bond donors (Lipinski definition) is 2. The molecule has 4 aromatic rings. The molecule has 0 heterocycles. The number of benzene rings is 4. The average molecular weight is 462 g/mol. The van der Waals surface area contributed by atoms with Gasteiger partial charge >= 0.3 is 0 Å². The van der Waals surface area contributed by atoms with Crippen LogP contribution in [0.15, 0.2) is 97.1 Å². The zero-order valence-corrected chi connectivity index (χ0v) is 18.7. The van der Waals surface area contributed by atoms with Gasteiger partial charge in [0.15, 0.2) is 11.2 Å². The lowest BCUT2D eigenvalue weighted by Crippen LogP contribution is -2.51. The SMILES string of the molecule is COc1ccc(C(O)(c2ccc(F)cc2)C(O)(c2ccc(F)cc2)c2ccc(OC)cc2)cc1. The van der Waals surface area contributed by atoms with E-state index < -0.39 is 22.8 Å². The molecule has 0 fully saturated rings. The van der Waals surface area contributed by atoms with E-state index in [0.29, 0.717) is 22.6 Å². The van der Waals surface area contributed by atoms with Crippen molar-refractivity contribution in [1.29, 1.82) is 0 Å². The number of hydrogen-bond acceptors (Lipinski definition) is 4. The predicted octanol–water partition coefficient (Wildman–Crippen LogP) is 5.15. The molecule has 4 nitrogen and oxygen atoms in total. The van der Waals surface area contributed by atoms with Crippen LogP contribution in [0.1, 0.15) is 22.3 Å². The van der Waals surface area contributed by atoms with Crippen LogP contribution in [0.25, 0.3) is 0 Å². The Morgan fingerprint density at radius 2 is 0.706 bits per heavy atom. The van der Waals surface area contributed by atoms with Crippen LogP contribution in [0, 0.1) is 11.6 Å². The third-order valence-electron chi connectivity index (χ3n) is 6.06. The van der Waals surface area contributed by atoms with Gasteiger partial charge in [-0.1, -0.05) is 48.5 Å². The summed E-state index contributed by atoms with van der Waals surface area (Å²) in [4.78, 5) is 0. The molecule has 4 rings (SSSR count). The maximum atomic E-state index is 13.8. The zero-order valence-electron chi connectivity index (χ0n) is 18.7. The largest absolute Gasteiger partial charge is 0.497 e. The van der Waals surface area contributed by atoms with E-state index >= 15 is 0 Å². The molecular weight excluding hydrogens is 438 g/mol. The Balaban J connectivity index is 2.06. The summed E-state index contributed by atoms with van der Waals surface area (Å²) in [5, 5.41) is 25.0. The summed E-state index contributed by atoms with van der Waals surface area (Å²) in [6.07, 6.45) is 0. The van der Waals surface area contributed by atoms with Crippen molar-refractivity contribution in [2.45, 2.75) is 11.2 Å². The second kappa shape index (κ2) is 9.25. The van der Waals surface area contributed by atoms with Crippen LogP contribution in [0.4, 0.5) is 8.78 Å². The van der Waals surface area contributed by atoms with E-state index in [0.717, 1.165) is 0 Å². The van der Waals surface area contributed by atoms with Gasteiger partial charge in [0, 0.05) is 0 Å². The highest BCUT2D eigenvalue weighted by Crippen LogP contribution is 2.50. The van der Waals surface area contributed by atoms with Gasteiger partial charge in [0.1, 0.15) is 23.1 Å². The van der Waals surface area contributed by atoms with E-state index in [9.17, 15) is 19.0 Å². The predicted molar refractivity (Wildman–Crippen MR) is 125 cm³/mol. The minimum absolute atomic E-state index is 0.238. The van der Waals surface area contributed by atoms with Crippen LogP contribution in [-0.2, 0) is 11.2 Å². The second-order valence-corrected chi connectivity index (χ2v) is 7.89. The standard InChI is InChI=1S/C28H24F2O4/c1-33-25-15-7-21(8-16-25)27(31,19-3-11-23(29)12-4-19)28(32,20-5-13-24(30)14-6-20)22-9-17-26(34-2)18-10-22/h3-18,31-32H,1-2H3. The van der Waals surface area contributed by atoms with Crippen molar-refractivity contribution in [2.24, 2.45) is 0 Å². The monoisotopic (exact) mass is 462 g/mol. The summed E-state index contributed by atoms with van der Waals surface area (Å²) in [7, 11) is 3.04. The maximum Gasteiger partial charge on any atom is 0.152 e. The Bertz CT molecular complexity index is 1140. The van der Waals surface area contributed by atoms with Crippen LogP contribution in [0.2, 0.25) is 0 Å². The lowest BCUT2D eigenvalue weighted by atomic mass is 9.66. The zero-order chi connectivity index (χ0) is 24.3. The number of methoxy groups -OCH3 is 2. The fraction of sp³-hybridized carbons (Fsp3) is 0.143. The van der Waals surface area contributed by atoms with E-state index in [2.05, 4.69) is 0 Å². The molecule has 0 aliphatic heterocycles. The molecule has 0 aromatic heterocycles. The summed E-state index contributed by atoms with van der Waals surface area (Å²) >= 11 is 0. The highest BCUT2D eigenvalue weighted by molar-refractivity contribution is 5.51. The summed E-state index contributed by atoms with van der Waals surface area (Å²) in [5.74, 6) is 0.131. The molecular formula is C28H24F2O4. The molecule has 2 unspecified atom stereocenters. The molecule has 2 N–H and O–H groups in total. The molecule has 0 aliphatic carbocycles. The van der Waals surface area contributed by atoms with Crippen molar-refractivity contribution < 1.29 is 28.5 Å². The molecule has 2 atom stereocenters. The van der Waals surface area contributed by atoms with E-state index in [1.807, 2.05) is 0 Å². The van der Waals surface area contributed by atoms with Gasteiger partial charge in [-0.15, -0.1) is 0 Å². The van der Waals surface area contributed by atoms with Crippen molar-refractivity contribution in [2.75, 3.05) is 14.2 Å². The Hall–Kier alpha value is -3.74. The van der Waals surface area contributed by atoms with E-state index in [1.54, 1.807) is 48.5 Å². The van der Waals surface area contributed by atoms with Crippen molar-refractivity contribution in [3.8, 4) is 11.5 Å². The fourth-order valence-electron chi connectivity index (χ4n) is 4.22. The second-order valence-electron chi connectivity index (χ2n) is 7.89. The number of rotatable bonds is 7. The Morgan fingerprint density at radius 3 is 0.941 bits per heavy atom. The molecule has 174 valence electrons. The number of halogens is 2. The third-order valence-corrected chi connectivity index (χ3v) is 6.06. The number of aliphatic hydroxyl groups is 2. The van der Waals surface area contributed by atoms with Gasteiger partial charge in [0.05, 0.1) is 14.2 Å². The van der Waals surface area contributed by atoms with Gasteiger partial charge in [0.2, 0.25) is 0 Å². The van der Waals surface area contributed by atoms with Gasteiger partial charge < -0.3 is 19.7 Å². The first kappa shape index (κ1) is 23.4. The molecule has 0 aliphatic rings. The molecule has 6 heteroatoms. The first-order valence-corrected chi connectivity index (χ1v) is 10.6. The van der Waals surface area contributed by atoms with Gasteiger partial charge in [-0.3, -0.25) is 0 Å². The van der Waals surface area contributed by atoms with E-state index in [1.165, 1.54) is 62.8 Å². The van der Waals surface area contributed by atoms with Gasteiger partial charge in [-0.2, -0.15) is 0 Å². The minimum atomic E-state index is -2.11. The lowest BCUT2D eigenvalue weighted by molar-refractivity contribution is -0.113. The minimum Gasteiger partial charge on any atom is -0.497 e. The molecule has 0 spiro atoms. The molecule has 0 amide bonds. The maximum absolute atomic E-state index is 13.8. The van der Waals surface area contributed by atoms with Crippen molar-refractivity contribution in [3.05, 3.63) is 131 Å². The van der Waals surface area contributed by atoms with Crippen LogP contribution in [0.5, 0.6) is 11.5 Å². The van der Waals surface area contributed by atoms with Crippen molar-refractivity contribution >= 4 is 0 Å². The number of ether oxygens (including phenoxy) is 2. The highest BCUT2D eigenvalue weighted by atomic mass is 19.1. The van der Waals surface area contributed by atoms with Crippen LogP contribution in [0.3, 0.4) is 0 Å². The Labute approximate surface area is 196 Å². The molecule has 34 heavy (non-hydrogen) atoms. The van der Waals surface area contributed by atoms with E-state index in [4.69, 9.17) is 9.47 Å². The fourth-order valence-corrected chi connectivity index (χ4v) is 4.22. The quantitative estimate of drug-likeness (QED) is 0.399. The van der Waals surface area contributed by atoms with Crippen molar-refractivity contribution in [1.82, 2.24) is 0 Å².